The molecule has 0 unspecified atom stereocenters. The second-order valence-electron chi connectivity index (χ2n) is 4.20. The molecule has 21 heavy (non-hydrogen) atoms. The lowest BCUT2D eigenvalue weighted by Gasteiger charge is -2.10. The molecule has 8 heteroatoms. The Bertz CT molecular complexity index is 450. The minimum absolute atomic E-state index is 0. The van der Waals surface area contributed by atoms with Gasteiger partial charge in [0.1, 0.15) is 5.01 Å². The van der Waals surface area contributed by atoms with Gasteiger partial charge in [-0.2, -0.15) is 0 Å². The summed E-state index contributed by atoms with van der Waals surface area (Å²) in [4.78, 5) is 21.1. The molecular weight excluding hydrogens is 401 g/mol. The van der Waals surface area contributed by atoms with Crippen molar-refractivity contribution in [2.45, 2.75) is 33.2 Å². The first-order valence-electron chi connectivity index (χ1n) is 6.84. The predicted octanol–water partition coefficient (Wildman–Crippen LogP) is 1.51. The highest BCUT2D eigenvalue weighted by Gasteiger charge is 2.04. The average molecular weight is 425 g/mol. The Morgan fingerprint density at radius 1 is 1.33 bits per heavy atom. The van der Waals surface area contributed by atoms with Crippen molar-refractivity contribution in [3.8, 4) is 0 Å². The summed E-state index contributed by atoms with van der Waals surface area (Å²) in [6.45, 7) is 5.66. The molecule has 120 valence electrons. The van der Waals surface area contributed by atoms with Gasteiger partial charge in [-0.05, 0) is 12.8 Å². The van der Waals surface area contributed by atoms with Crippen molar-refractivity contribution in [1.82, 2.24) is 20.9 Å². The molecule has 1 aromatic heterocycles. The van der Waals surface area contributed by atoms with E-state index in [-0.39, 0.29) is 36.4 Å². The van der Waals surface area contributed by atoms with Crippen LogP contribution in [0.2, 0.25) is 0 Å². The van der Waals surface area contributed by atoms with Crippen LogP contribution in [0, 0.1) is 0 Å². The van der Waals surface area contributed by atoms with Crippen molar-refractivity contribution in [3.05, 3.63) is 16.1 Å². The van der Waals surface area contributed by atoms with E-state index in [2.05, 4.69) is 32.9 Å². The molecule has 1 amide bonds. The Kier molecular flexibility index (Phi) is 11.2. The van der Waals surface area contributed by atoms with Gasteiger partial charge in [-0.3, -0.25) is 9.79 Å². The number of thiazole rings is 1. The minimum Gasteiger partial charge on any atom is -0.355 e. The van der Waals surface area contributed by atoms with E-state index in [4.69, 9.17) is 0 Å². The van der Waals surface area contributed by atoms with Crippen molar-refractivity contribution in [2.75, 3.05) is 20.1 Å². The van der Waals surface area contributed by atoms with Crippen LogP contribution < -0.4 is 16.0 Å². The van der Waals surface area contributed by atoms with Gasteiger partial charge in [-0.1, -0.05) is 13.8 Å². The van der Waals surface area contributed by atoms with Crippen LogP contribution in [-0.2, 0) is 17.8 Å². The number of nitrogens with zero attached hydrogens (tertiary/aromatic N) is 2. The number of nitrogens with one attached hydrogen (secondary N) is 3. The van der Waals surface area contributed by atoms with Crippen molar-refractivity contribution < 1.29 is 4.79 Å². The van der Waals surface area contributed by atoms with Crippen molar-refractivity contribution in [3.63, 3.8) is 0 Å². The number of guanidine groups is 1. The van der Waals surface area contributed by atoms with E-state index < -0.39 is 0 Å². The molecule has 0 spiro atoms. The molecule has 0 aromatic carbocycles. The Labute approximate surface area is 147 Å². The zero-order chi connectivity index (χ0) is 14.8. The number of aryl methyl sites for hydroxylation is 1. The van der Waals surface area contributed by atoms with Gasteiger partial charge in [0, 0.05) is 24.7 Å². The van der Waals surface area contributed by atoms with Crippen LogP contribution in [0.15, 0.2) is 11.2 Å². The maximum atomic E-state index is 11.5. The van der Waals surface area contributed by atoms with Gasteiger partial charge < -0.3 is 16.0 Å². The van der Waals surface area contributed by atoms with E-state index in [1.807, 2.05) is 13.1 Å². The van der Waals surface area contributed by atoms with Gasteiger partial charge in [-0.15, -0.1) is 35.3 Å². The smallest absolute Gasteiger partial charge is 0.239 e. The Morgan fingerprint density at radius 3 is 2.67 bits per heavy atom. The van der Waals surface area contributed by atoms with E-state index in [0.29, 0.717) is 19.0 Å². The second-order valence-corrected chi connectivity index (χ2v) is 5.40. The predicted molar refractivity (Wildman–Crippen MR) is 98.4 cm³/mol. The zero-order valence-electron chi connectivity index (χ0n) is 12.7. The number of halogens is 1. The number of amides is 1. The molecule has 1 aromatic rings. The first-order valence-corrected chi connectivity index (χ1v) is 7.66. The summed E-state index contributed by atoms with van der Waals surface area (Å²) in [7, 11) is 1.68. The van der Waals surface area contributed by atoms with E-state index in [0.717, 1.165) is 17.8 Å². The fraction of sp³-hybridized carbons (Fsp3) is 0.615. The van der Waals surface area contributed by atoms with E-state index in [1.54, 1.807) is 18.4 Å². The van der Waals surface area contributed by atoms with Gasteiger partial charge in [-0.25, -0.2) is 4.98 Å². The minimum atomic E-state index is -0.0303. The standard InChI is InChI=1S/C13H23N5OS.HI/c1-4-6-15-11(19)8-17-13(14-3)18-9-12-16-7-10(5-2)20-12;/h7H,4-6,8-9H2,1-3H3,(H,15,19)(H2,14,17,18);1H. The maximum absolute atomic E-state index is 11.5. The summed E-state index contributed by atoms with van der Waals surface area (Å²) in [6.07, 6.45) is 3.83. The fourth-order valence-corrected chi connectivity index (χ4v) is 2.27. The monoisotopic (exact) mass is 425 g/mol. The first kappa shape index (κ1) is 20.1. The summed E-state index contributed by atoms with van der Waals surface area (Å²) in [5, 5.41) is 9.93. The molecule has 3 N–H and O–H groups in total. The van der Waals surface area contributed by atoms with Gasteiger partial charge in [0.15, 0.2) is 5.96 Å². The highest BCUT2D eigenvalue weighted by atomic mass is 127. The molecule has 1 rings (SSSR count). The third kappa shape index (κ3) is 8.20. The number of hydrogen-bond donors (Lipinski definition) is 3. The third-order valence-corrected chi connectivity index (χ3v) is 3.71. The van der Waals surface area contributed by atoms with Gasteiger partial charge in [0.2, 0.25) is 5.91 Å². The first-order chi connectivity index (χ1) is 9.69. The lowest BCUT2D eigenvalue weighted by Crippen LogP contribution is -2.43. The molecule has 0 aliphatic heterocycles. The summed E-state index contributed by atoms with van der Waals surface area (Å²) in [6, 6.07) is 0. The van der Waals surface area contributed by atoms with Crippen LogP contribution in [0.3, 0.4) is 0 Å². The van der Waals surface area contributed by atoms with Crippen molar-refractivity contribution in [1.29, 1.82) is 0 Å². The Morgan fingerprint density at radius 2 is 2.10 bits per heavy atom. The molecular formula is C13H24IN5OS. The highest BCUT2D eigenvalue weighted by Crippen LogP contribution is 2.12. The lowest BCUT2D eigenvalue weighted by atomic mass is 10.4. The lowest BCUT2D eigenvalue weighted by molar-refractivity contribution is -0.120. The summed E-state index contributed by atoms with van der Waals surface area (Å²) < 4.78 is 0. The average Bonchev–Trinajstić information content (AvgIpc) is 2.93. The van der Waals surface area contributed by atoms with Crippen LogP contribution in [0.25, 0.3) is 0 Å². The van der Waals surface area contributed by atoms with Crippen LogP contribution in [-0.4, -0.2) is 37.0 Å². The molecule has 0 fully saturated rings. The number of aromatic nitrogens is 1. The molecule has 0 saturated heterocycles. The fourth-order valence-electron chi connectivity index (χ4n) is 1.46. The van der Waals surface area contributed by atoms with E-state index >= 15 is 0 Å². The number of hydrogen-bond acceptors (Lipinski definition) is 4. The van der Waals surface area contributed by atoms with Gasteiger partial charge in [0.05, 0.1) is 13.1 Å². The third-order valence-electron chi connectivity index (χ3n) is 2.57. The highest BCUT2D eigenvalue weighted by molar-refractivity contribution is 14.0. The second kappa shape index (κ2) is 11.7. The van der Waals surface area contributed by atoms with E-state index in [1.165, 1.54) is 4.88 Å². The normalized spacial score (nSPS) is 10.7. The summed E-state index contributed by atoms with van der Waals surface area (Å²) >= 11 is 1.69. The van der Waals surface area contributed by atoms with E-state index in [9.17, 15) is 4.79 Å². The molecule has 0 radical (unpaired) electrons. The molecule has 0 atom stereocenters. The largest absolute Gasteiger partial charge is 0.355 e. The van der Waals surface area contributed by atoms with Gasteiger partial charge >= 0.3 is 0 Å². The van der Waals surface area contributed by atoms with Crippen molar-refractivity contribution in [2.24, 2.45) is 4.99 Å². The molecule has 1 heterocycles. The summed E-state index contributed by atoms with van der Waals surface area (Å²) in [5.74, 6) is 0.571. The molecule has 0 aliphatic carbocycles. The van der Waals surface area contributed by atoms with Crippen LogP contribution in [0.4, 0.5) is 0 Å². The molecule has 0 aliphatic rings. The topological polar surface area (TPSA) is 78.4 Å². The van der Waals surface area contributed by atoms with Crippen LogP contribution in [0.1, 0.15) is 30.2 Å². The van der Waals surface area contributed by atoms with Crippen LogP contribution >= 0.6 is 35.3 Å². The Balaban J connectivity index is 0.00000400. The number of aliphatic imine (C=N–C) groups is 1. The van der Waals surface area contributed by atoms with Crippen LogP contribution in [0.5, 0.6) is 0 Å². The SMILES string of the molecule is CCCNC(=O)CNC(=NC)NCc1ncc(CC)s1.I. The zero-order valence-corrected chi connectivity index (χ0v) is 15.9. The number of rotatable bonds is 7. The molecule has 0 bridgehead atoms. The summed E-state index contributed by atoms with van der Waals surface area (Å²) in [5.41, 5.74) is 0. The molecule has 0 saturated carbocycles. The van der Waals surface area contributed by atoms with Gasteiger partial charge in [0.25, 0.3) is 0 Å². The maximum Gasteiger partial charge on any atom is 0.239 e. The molecule has 6 nitrogen and oxygen atoms in total. The number of carbonyl (C=O) groups is 1. The number of carbonyl (C=O) groups excluding carboxylic acids is 1. The quantitative estimate of drug-likeness (QED) is 0.352. The Hall–Kier alpha value is -0.900. The van der Waals surface area contributed by atoms with Crippen molar-refractivity contribution >= 4 is 47.2 Å².